The Bertz CT molecular complexity index is 1110. The van der Waals surface area contributed by atoms with E-state index in [2.05, 4.69) is 26.2 Å². The quantitative estimate of drug-likeness (QED) is 0.341. The van der Waals surface area contributed by atoms with Crippen LogP contribution in [-0.2, 0) is 4.79 Å². The molecule has 2 aromatic rings. The summed E-state index contributed by atoms with van der Waals surface area (Å²) in [6, 6.07) is 10.9. The highest BCUT2D eigenvalue weighted by molar-refractivity contribution is 9.10. The number of hydrogen-bond donors (Lipinski definition) is 4. The minimum absolute atomic E-state index is 0.132. The van der Waals surface area contributed by atoms with Gasteiger partial charge in [0.25, 0.3) is 0 Å². The Morgan fingerprint density at radius 3 is 2.42 bits per heavy atom. The summed E-state index contributed by atoms with van der Waals surface area (Å²) < 4.78 is 13.6. The van der Waals surface area contributed by atoms with Crippen molar-refractivity contribution in [1.82, 2.24) is 4.90 Å². The molecular weight excluding hydrogens is 491 g/mol. The number of carbonyl (C=O) groups is 2. The standard InChI is InChI=1S/C23H24BrFN6O2/c24-18-13-17(5-6-19(18)25)29-22(28)21(32)15-8-11-31(12-9-15)23(33)30-16-3-1-14(2-4-16)20(27)7-10-26/h1-7,10,13,15,26H,8-9,11-12,27H2,(H2,28,29)(H,30,33). The Kier molecular flexibility index (Phi) is 7.94. The second-order valence-corrected chi connectivity index (χ2v) is 8.37. The first-order valence-corrected chi connectivity index (χ1v) is 11.0. The zero-order chi connectivity index (χ0) is 24.0. The van der Waals surface area contributed by atoms with E-state index in [9.17, 15) is 14.0 Å². The van der Waals surface area contributed by atoms with Gasteiger partial charge in [-0.15, -0.1) is 0 Å². The van der Waals surface area contributed by atoms with Crippen LogP contribution in [0.1, 0.15) is 18.4 Å². The number of allylic oxidation sites excluding steroid dienone is 1. The van der Waals surface area contributed by atoms with Crippen molar-refractivity contribution < 1.29 is 14.0 Å². The molecule has 2 amide bonds. The Balaban J connectivity index is 1.54. The van der Waals surface area contributed by atoms with Crippen LogP contribution < -0.4 is 16.8 Å². The number of nitrogens with zero attached hydrogens (tertiary/aromatic N) is 2. The predicted molar refractivity (Wildman–Crippen MR) is 131 cm³/mol. The molecule has 0 unspecified atom stereocenters. The first-order chi connectivity index (χ1) is 15.8. The van der Waals surface area contributed by atoms with Gasteiger partial charge in [-0.05, 0) is 70.7 Å². The lowest BCUT2D eigenvalue weighted by Crippen LogP contribution is -2.44. The monoisotopic (exact) mass is 514 g/mol. The molecule has 172 valence electrons. The molecule has 6 N–H and O–H groups in total. The van der Waals surface area contributed by atoms with Crippen LogP contribution in [0.4, 0.5) is 20.6 Å². The minimum Gasteiger partial charge on any atom is -0.398 e. The fourth-order valence-electron chi connectivity index (χ4n) is 3.44. The third-order valence-electron chi connectivity index (χ3n) is 5.29. The van der Waals surface area contributed by atoms with E-state index in [0.29, 0.717) is 43.0 Å². The summed E-state index contributed by atoms with van der Waals surface area (Å²) in [5, 5.41) is 9.90. The van der Waals surface area contributed by atoms with E-state index < -0.39 is 5.82 Å². The smallest absolute Gasteiger partial charge is 0.321 e. The molecule has 0 spiro atoms. The lowest BCUT2D eigenvalue weighted by atomic mass is 9.92. The number of halogens is 2. The number of aliphatic imine (C=N–C) groups is 1. The molecule has 1 fully saturated rings. The van der Waals surface area contributed by atoms with E-state index in [4.69, 9.17) is 16.9 Å². The highest BCUT2D eigenvalue weighted by Gasteiger charge is 2.29. The second kappa shape index (κ2) is 10.9. The molecule has 0 aromatic heterocycles. The highest BCUT2D eigenvalue weighted by atomic mass is 79.9. The molecular formula is C23H24BrFN6O2. The van der Waals surface area contributed by atoms with Crippen LogP contribution in [0, 0.1) is 17.1 Å². The number of Topliss-reactive ketones (excluding diaryl/α,β-unsaturated/α-hetero) is 1. The fraction of sp³-hybridized carbons (Fsp3) is 0.217. The van der Waals surface area contributed by atoms with Gasteiger partial charge in [0.15, 0.2) is 5.84 Å². The van der Waals surface area contributed by atoms with E-state index in [1.165, 1.54) is 24.3 Å². The van der Waals surface area contributed by atoms with Gasteiger partial charge in [-0.1, -0.05) is 12.1 Å². The number of benzene rings is 2. The molecule has 1 aliphatic rings. The summed E-state index contributed by atoms with van der Waals surface area (Å²) in [5.74, 6) is -1.16. The summed E-state index contributed by atoms with van der Waals surface area (Å²) in [6.07, 6.45) is 3.54. The van der Waals surface area contributed by atoms with E-state index in [1.54, 1.807) is 29.2 Å². The zero-order valence-electron chi connectivity index (χ0n) is 17.7. The molecule has 1 heterocycles. The van der Waals surface area contributed by atoms with E-state index in [0.717, 1.165) is 11.8 Å². The Morgan fingerprint density at radius 2 is 1.82 bits per heavy atom. The molecule has 3 rings (SSSR count). The first-order valence-electron chi connectivity index (χ1n) is 10.2. The molecule has 1 saturated heterocycles. The van der Waals surface area contributed by atoms with Gasteiger partial charge < -0.3 is 27.1 Å². The predicted octanol–water partition coefficient (Wildman–Crippen LogP) is 4.04. The number of nitrogens with one attached hydrogen (secondary N) is 2. The number of anilines is 1. The van der Waals surface area contributed by atoms with E-state index >= 15 is 0 Å². The number of urea groups is 1. The summed E-state index contributed by atoms with van der Waals surface area (Å²) in [4.78, 5) is 31.0. The van der Waals surface area contributed by atoms with Crippen molar-refractivity contribution in [3.63, 3.8) is 0 Å². The van der Waals surface area contributed by atoms with Gasteiger partial charge in [0.2, 0.25) is 5.78 Å². The van der Waals surface area contributed by atoms with Crippen molar-refractivity contribution in [3.8, 4) is 0 Å². The Morgan fingerprint density at radius 1 is 1.15 bits per heavy atom. The van der Waals surface area contributed by atoms with E-state index in [-0.39, 0.29) is 28.0 Å². The summed E-state index contributed by atoms with van der Waals surface area (Å²) in [5.41, 5.74) is 13.9. The van der Waals surface area contributed by atoms with Crippen molar-refractivity contribution in [2.75, 3.05) is 18.4 Å². The number of carbonyl (C=O) groups excluding carboxylic acids is 2. The van der Waals surface area contributed by atoms with Crippen molar-refractivity contribution in [2.24, 2.45) is 22.4 Å². The maximum Gasteiger partial charge on any atom is 0.321 e. The molecule has 33 heavy (non-hydrogen) atoms. The third kappa shape index (κ3) is 6.26. The topological polar surface area (TPSA) is 138 Å². The molecule has 0 atom stereocenters. The first kappa shape index (κ1) is 24.1. The number of rotatable bonds is 6. The number of ketones is 1. The average Bonchev–Trinajstić information content (AvgIpc) is 2.81. The van der Waals surface area contributed by atoms with Gasteiger partial charge in [0.05, 0.1) is 10.2 Å². The fourth-order valence-corrected chi connectivity index (χ4v) is 3.80. The van der Waals surface area contributed by atoms with Gasteiger partial charge in [-0.2, -0.15) is 0 Å². The Hall–Kier alpha value is -3.53. The lowest BCUT2D eigenvalue weighted by Gasteiger charge is -2.31. The largest absolute Gasteiger partial charge is 0.398 e. The minimum atomic E-state index is -0.427. The third-order valence-corrected chi connectivity index (χ3v) is 5.90. The molecule has 0 aliphatic carbocycles. The average molecular weight is 515 g/mol. The molecule has 0 radical (unpaired) electrons. The molecule has 2 aromatic carbocycles. The van der Waals surface area contributed by atoms with Crippen molar-refractivity contribution >= 4 is 56.9 Å². The van der Waals surface area contributed by atoms with Crippen LogP contribution in [0.25, 0.3) is 5.70 Å². The number of likely N-dealkylation sites (tertiary alicyclic amines) is 1. The molecule has 0 bridgehead atoms. The second-order valence-electron chi connectivity index (χ2n) is 7.52. The molecule has 0 saturated carbocycles. The number of hydrogen-bond acceptors (Lipinski definition) is 5. The van der Waals surface area contributed by atoms with Gasteiger partial charge in [-0.3, -0.25) is 4.79 Å². The maximum atomic E-state index is 13.4. The number of amides is 2. The zero-order valence-corrected chi connectivity index (χ0v) is 19.3. The summed E-state index contributed by atoms with van der Waals surface area (Å²) >= 11 is 3.08. The lowest BCUT2D eigenvalue weighted by molar-refractivity contribution is -0.117. The van der Waals surface area contributed by atoms with Crippen molar-refractivity contribution in [1.29, 1.82) is 5.41 Å². The number of nitrogens with two attached hydrogens (primary N) is 2. The van der Waals surface area contributed by atoms with Gasteiger partial charge in [0, 0.05) is 36.6 Å². The van der Waals surface area contributed by atoms with Gasteiger partial charge in [0.1, 0.15) is 5.82 Å². The SMILES string of the molecule is N=CC=C(N)c1ccc(NC(=O)N2CCC(C(=O)C(N)=Nc3ccc(F)c(Br)c3)CC2)cc1. The van der Waals surface area contributed by atoms with E-state index in [1.807, 2.05) is 0 Å². The van der Waals surface area contributed by atoms with Crippen LogP contribution in [0.5, 0.6) is 0 Å². The van der Waals surface area contributed by atoms with Crippen molar-refractivity contribution in [3.05, 3.63) is 64.4 Å². The van der Waals surface area contributed by atoms with Crippen LogP contribution in [0.3, 0.4) is 0 Å². The normalized spacial score (nSPS) is 15.3. The van der Waals surface area contributed by atoms with Crippen LogP contribution in [0.2, 0.25) is 0 Å². The summed E-state index contributed by atoms with van der Waals surface area (Å²) in [6.45, 7) is 0.815. The van der Waals surface area contributed by atoms with Crippen LogP contribution in [-0.4, -0.2) is 41.9 Å². The Labute approximate surface area is 199 Å². The van der Waals surface area contributed by atoms with Gasteiger partial charge in [-0.25, -0.2) is 14.2 Å². The highest BCUT2D eigenvalue weighted by Crippen LogP contribution is 2.24. The molecule has 8 nitrogen and oxygen atoms in total. The van der Waals surface area contributed by atoms with Crippen LogP contribution >= 0.6 is 15.9 Å². The molecule has 10 heteroatoms. The van der Waals surface area contributed by atoms with Crippen LogP contribution in [0.15, 0.2) is 58.0 Å². The summed E-state index contributed by atoms with van der Waals surface area (Å²) in [7, 11) is 0. The number of amidine groups is 1. The molecule has 1 aliphatic heterocycles. The van der Waals surface area contributed by atoms with Crippen molar-refractivity contribution in [2.45, 2.75) is 12.8 Å². The number of piperidine rings is 1. The maximum absolute atomic E-state index is 13.4. The van der Waals surface area contributed by atoms with Gasteiger partial charge >= 0.3 is 6.03 Å².